The summed E-state index contributed by atoms with van der Waals surface area (Å²) < 4.78 is 37.6. The molecule has 1 aliphatic rings. The van der Waals surface area contributed by atoms with Crippen LogP contribution < -0.4 is 10.6 Å². The van der Waals surface area contributed by atoms with Gasteiger partial charge in [0.05, 0.1) is 17.4 Å². The van der Waals surface area contributed by atoms with Crippen LogP contribution in [-0.2, 0) is 10.0 Å². The average Bonchev–Trinajstić information content (AvgIpc) is 2.41. The van der Waals surface area contributed by atoms with E-state index in [1.165, 1.54) is 22.7 Å². The molecule has 2 N–H and O–H groups in total. The molecular formula is C13H19ClFN3O2S. The molecule has 1 aliphatic heterocycles. The number of sulfonamides is 1. The molecule has 118 valence electrons. The van der Waals surface area contributed by atoms with Gasteiger partial charge in [-0.25, -0.2) is 12.8 Å². The predicted octanol–water partition coefficient (Wildman–Crippen LogP) is 1.86. The van der Waals surface area contributed by atoms with Gasteiger partial charge in [-0.1, -0.05) is 11.6 Å². The van der Waals surface area contributed by atoms with Gasteiger partial charge < -0.3 is 10.6 Å². The van der Waals surface area contributed by atoms with E-state index in [2.05, 4.69) is 10.6 Å². The van der Waals surface area contributed by atoms with E-state index in [4.69, 9.17) is 11.6 Å². The number of halogens is 2. The molecule has 1 saturated heterocycles. The van der Waals surface area contributed by atoms with Crippen LogP contribution in [0.1, 0.15) is 12.8 Å². The Kier molecular flexibility index (Phi) is 5.08. The fourth-order valence-corrected chi connectivity index (χ4v) is 3.16. The largest absolute Gasteiger partial charge is 0.382 e. The number of nitrogens with zero attached hydrogens (tertiary/aromatic N) is 1. The van der Waals surface area contributed by atoms with Gasteiger partial charge in [0.15, 0.2) is 0 Å². The molecule has 2 atom stereocenters. The van der Waals surface area contributed by atoms with E-state index >= 15 is 0 Å². The summed E-state index contributed by atoms with van der Waals surface area (Å²) in [5.74, 6) is -0.456. The van der Waals surface area contributed by atoms with Crippen molar-refractivity contribution in [1.82, 2.24) is 9.62 Å². The first-order valence-corrected chi connectivity index (χ1v) is 8.88. The summed E-state index contributed by atoms with van der Waals surface area (Å²) in [7, 11) is -1.68. The molecule has 21 heavy (non-hydrogen) atoms. The minimum Gasteiger partial charge on any atom is -0.382 e. The highest BCUT2D eigenvalue weighted by molar-refractivity contribution is 7.88. The molecule has 2 rings (SSSR count). The fraction of sp³-hybridized carbons (Fsp3) is 0.538. The van der Waals surface area contributed by atoms with Crippen LogP contribution in [-0.4, -0.2) is 44.8 Å². The van der Waals surface area contributed by atoms with Crippen molar-refractivity contribution >= 4 is 27.3 Å². The quantitative estimate of drug-likeness (QED) is 0.881. The van der Waals surface area contributed by atoms with Gasteiger partial charge in [-0.3, -0.25) is 0 Å². The highest BCUT2D eigenvalue weighted by Crippen LogP contribution is 2.22. The van der Waals surface area contributed by atoms with Crippen molar-refractivity contribution in [2.24, 2.45) is 0 Å². The first kappa shape index (κ1) is 16.5. The van der Waals surface area contributed by atoms with Crippen LogP contribution in [0.25, 0.3) is 0 Å². The molecule has 0 saturated carbocycles. The Hall–Kier alpha value is -0.890. The molecule has 0 radical (unpaired) electrons. The van der Waals surface area contributed by atoms with Crippen LogP contribution in [0, 0.1) is 5.82 Å². The summed E-state index contributed by atoms with van der Waals surface area (Å²) in [6.07, 6.45) is 2.41. The van der Waals surface area contributed by atoms with Crippen molar-refractivity contribution < 1.29 is 12.8 Å². The van der Waals surface area contributed by atoms with Crippen molar-refractivity contribution in [1.29, 1.82) is 0 Å². The van der Waals surface area contributed by atoms with Crippen LogP contribution in [0.2, 0.25) is 5.02 Å². The minimum absolute atomic E-state index is 0.0683. The first-order chi connectivity index (χ1) is 9.77. The van der Waals surface area contributed by atoms with Crippen molar-refractivity contribution in [3.63, 3.8) is 0 Å². The lowest BCUT2D eigenvalue weighted by Crippen LogP contribution is -2.53. The van der Waals surface area contributed by atoms with Crippen molar-refractivity contribution in [3.05, 3.63) is 29.0 Å². The Morgan fingerprint density at radius 2 is 2.19 bits per heavy atom. The number of piperidine rings is 1. The third kappa shape index (κ3) is 4.29. The van der Waals surface area contributed by atoms with Gasteiger partial charge in [0.1, 0.15) is 5.82 Å². The van der Waals surface area contributed by atoms with Gasteiger partial charge in [0.25, 0.3) is 0 Å². The standard InChI is InChI=1S/C13H19ClFN3O2S/c1-18(21(2,19)20)13-8-10(5-6-16-13)17-9-3-4-12(15)11(14)7-9/h3-4,7,10,13,16-17H,5-6,8H2,1-2H3. The van der Waals surface area contributed by atoms with E-state index in [1.54, 1.807) is 13.1 Å². The van der Waals surface area contributed by atoms with Gasteiger partial charge >= 0.3 is 0 Å². The van der Waals surface area contributed by atoms with Crippen LogP contribution in [0.5, 0.6) is 0 Å². The van der Waals surface area contributed by atoms with Crippen LogP contribution >= 0.6 is 11.6 Å². The molecule has 1 aromatic rings. The first-order valence-electron chi connectivity index (χ1n) is 6.65. The maximum absolute atomic E-state index is 13.1. The Labute approximate surface area is 129 Å². The number of hydrogen-bond donors (Lipinski definition) is 2. The third-order valence-electron chi connectivity index (χ3n) is 3.63. The van der Waals surface area contributed by atoms with Crippen molar-refractivity contribution in [2.75, 3.05) is 25.2 Å². The Balaban J connectivity index is 2.02. The summed E-state index contributed by atoms with van der Waals surface area (Å²) in [5.41, 5.74) is 0.731. The zero-order valence-electron chi connectivity index (χ0n) is 11.9. The molecular weight excluding hydrogens is 317 g/mol. The van der Waals surface area contributed by atoms with Gasteiger partial charge in [-0.05, 0) is 37.6 Å². The zero-order chi connectivity index (χ0) is 15.6. The molecule has 1 fully saturated rings. The maximum Gasteiger partial charge on any atom is 0.212 e. The molecule has 0 bridgehead atoms. The second-order valence-corrected chi connectivity index (χ2v) is 7.69. The van der Waals surface area contributed by atoms with E-state index in [0.717, 1.165) is 12.1 Å². The van der Waals surface area contributed by atoms with E-state index in [0.29, 0.717) is 13.0 Å². The summed E-state index contributed by atoms with van der Waals surface area (Å²) in [5, 5.41) is 6.52. The third-order valence-corrected chi connectivity index (χ3v) is 5.22. The van der Waals surface area contributed by atoms with E-state index < -0.39 is 15.8 Å². The summed E-state index contributed by atoms with van der Waals surface area (Å²) >= 11 is 5.76. The summed E-state index contributed by atoms with van der Waals surface area (Å²) in [4.78, 5) is 0. The second kappa shape index (κ2) is 6.48. The van der Waals surface area contributed by atoms with Crippen LogP contribution in [0.3, 0.4) is 0 Å². The van der Waals surface area contributed by atoms with Crippen LogP contribution in [0.4, 0.5) is 10.1 Å². The lowest BCUT2D eigenvalue weighted by molar-refractivity contribution is 0.249. The normalized spacial score (nSPS) is 23.3. The smallest absolute Gasteiger partial charge is 0.212 e. The number of rotatable bonds is 4. The van der Waals surface area contributed by atoms with Crippen molar-refractivity contribution in [2.45, 2.75) is 25.0 Å². The molecule has 1 heterocycles. The molecule has 0 amide bonds. The van der Waals surface area contributed by atoms with Gasteiger partial charge in [-0.15, -0.1) is 0 Å². The molecule has 0 aromatic heterocycles. The number of nitrogens with one attached hydrogen (secondary N) is 2. The van der Waals surface area contributed by atoms with Gasteiger partial charge in [0.2, 0.25) is 10.0 Å². The average molecular weight is 336 g/mol. The topological polar surface area (TPSA) is 61.4 Å². The monoisotopic (exact) mass is 335 g/mol. The van der Waals surface area contributed by atoms with Crippen LogP contribution in [0.15, 0.2) is 18.2 Å². The number of benzene rings is 1. The van der Waals surface area contributed by atoms with E-state index in [1.807, 2.05) is 0 Å². The van der Waals surface area contributed by atoms with Gasteiger partial charge in [-0.2, -0.15) is 4.31 Å². The minimum atomic E-state index is -3.24. The van der Waals surface area contributed by atoms with E-state index in [-0.39, 0.29) is 17.2 Å². The molecule has 0 aliphatic carbocycles. The predicted molar refractivity (Wildman–Crippen MR) is 82.5 cm³/mol. The maximum atomic E-state index is 13.1. The molecule has 2 unspecified atom stereocenters. The zero-order valence-corrected chi connectivity index (χ0v) is 13.5. The van der Waals surface area contributed by atoms with Gasteiger partial charge in [0, 0.05) is 18.8 Å². The number of anilines is 1. The lowest BCUT2D eigenvalue weighted by atomic mass is 10.0. The Morgan fingerprint density at radius 3 is 2.81 bits per heavy atom. The van der Waals surface area contributed by atoms with E-state index in [9.17, 15) is 12.8 Å². The molecule has 1 aromatic carbocycles. The Bertz CT molecular complexity index is 611. The highest BCUT2D eigenvalue weighted by atomic mass is 35.5. The van der Waals surface area contributed by atoms with Crippen molar-refractivity contribution in [3.8, 4) is 0 Å². The highest BCUT2D eigenvalue weighted by Gasteiger charge is 2.28. The fourth-order valence-electron chi connectivity index (χ4n) is 2.36. The summed E-state index contributed by atoms with van der Waals surface area (Å²) in [6.45, 7) is 0.705. The molecule has 5 nitrogen and oxygen atoms in total. The summed E-state index contributed by atoms with van der Waals surface area (Å²) in [6, 6.07) is 4.57. The molecule has 0 spiro atoms. The Morgan fingerprint density at radius 1 is 1.48 bits per heavy atom. The second-order valence-electron chi connectivity index (χ2n) is 5.24. The SMILES string of the molecule is CN(C1CC(Nc2ccc(F)c(Cl)c2)CCN1)S(C)(=O)=O. The lowest BCUT2D eigenvalue weighted by Gasteiger charge is -2.35. The molecule has 8 heteroatoms. The number of hydrogen-bond acceptors (Lipinski definition) is 4.